The van der Waals surface area contributed by atoms with Crippen LogP contribution in [-0.2, 0) is 9.53 Å². The molecular weight excluding hydrogens is 298 g/mol. The van der Waals surface area contributed by atoms with Gasteiger partial charge in [-0.2, -0.15) is 0 Å². The van der Waals surface area contributed by atoms with Crippen LogP contribution in [0.5, 0.6) is 0 Å². The number of amides is 1. The molecule has 1 amide bonds. The molecule has 0 bridgehead atoms. The van der Waals surface area contributed by atoms with E-state index in [0.717, 1.165) is 49.7 Å². The third-order valence-electron chi connectivity index (χ3n) is 4.47. The predicted molar refractivity (Wildman–Crippen MR) is 88.0 cm³/mol. The summed E-state index contributed by atoms with van der Waals surface area (Å²) in [7, 11) is 0. The summed E-state index contributed by atoms with van der Waals surface area (Å²) in [6.07, 6.45) is 5.98. The Morgan fingerprint density at radius 2 is 2.23 bits per heavy atom. The molecule has 4 nitrogen and oxygen atoms in total. The Kier molecular flexibility index (Phi) is 5.47. The highest BCUT2D eigenvalue weighted by atomic mass is 32.2. The average molecular weight is 323 g/mol. The zero-order chi connectivity index (χ0) is 15.4. The number of likely N-dealkylation sites (tertiary alicyclic amines) is 1. The third-order valence-corrected chi connectivity index (χ3v) is 5.52. The first-order valence-corrected chi connectivity index (χ1v) is 9.44. The quantitative estimate of drug-likeness (QED) is 0.831. The highest BCUT2D eigenvalue weighted by Crippen LogP contribution is 2.33. The number of ether oxygens (including phenoxy) is 1. The lowest BCUT2D eigenvalue weighted by atomic mass is 10.1. The minimum Gasteiger partial charge on any atom is -0.464 e. The first-order chi connectivity index (χ1) is 10.7. The van der Waals surface area contributed by atoms with Crippen LogP contribution in [0.2, 0.25) is 0 Å². The standard InChI is InChI=1S/C17H25NO3S/c1-13-7-8-16(21-13)15-6-4-9-18(15)17(19)12-22-11-14-5-2-3-10-20-14/h7-8,14-15H,2-6,9-12H2,1H3/t14-,15-/m0/s1. The van der Waals surface area contributed by atoms with Gasteiger partial charge in [-0.1, -0.05) is 0 Å². The molecule has 0 spiro atoms. The highest BCUT2D eigenvalue weighted by Gasteiger charge is 2.31. The van der Waals surface area contributed by atoms with Crippen LogP contribution < -0.4 is 0 Å². The van der Waals surface area contributed by atoms with Gasteiger partial charge in [0.15, 0.2) is 0 Å². The van der Waals surface area contributed by atoms with E-state index in [9.17, 15) is 4.79 Å². The molecule has 22 heavy (non-hydrogen) atoms. The highest BCUT2D eigenvalue weighted by molar-refractivity contribution is 7.99. The van der Waals surface area contributed by atoms with Crippen molar-refractivity contribution < 1.29 is 13.9 Å². The Bertz CT molecular complexity index is 496. The SMILES string of the molecule is Cc1ccc([C@@H]2CCCN2C(=O)CSC[C@@H]2CCCCO2)o1. The molecule has 0 radical (unpaired) electrons. The number of hydrogen-bond acceptors (Lipinski definition) is 4. The second kappa shape index (κ2) is 7.55. The molecule has 5 heteroatoms. The Hall–Kier alpha value is -0.940. The zero-order valence-corrected chi connectivity index (χ0v) is 14.1. The van der Waals surface area contributed by atoms with Crippen LogP contribution in [0.25, 0.3) is 0 Å². The summed E-state index contributed by atoms with van der Waals surface area (Å²) in [6, 6.07) is 4.12. The zero-order valence-electron chi connectivity index (χ0n) is 13.3. The molecule has 0 unspecified atom stereocenters. The summed E-state index contributed by atoms with van der Waals surface area (Å²) < 4.78 is 11.4. The van der Waals surface area contributed by atoms with Crippen molar-refractivity contribution in [3.8, 4) is 0 Å². The lowest BCUT2D eigenvalue weighted by Crippen LogP contribution is -2.32. The summed E-state index contributed by atoms with van der Waals surface area (Å²) in [6.45, 7) is 3.68. The van der Waals surface area contributed by atoms with Gasteiger partial charge in [0, 0.05) is 18.9 Å². The Morgan fingerprint density at radius 3 is 2.95 bits per heavy atom. The summed E-state index contributed by atoms with van der Waals surface area (Å²) in [5.41, 5.74) is 0. The average Bonchev–Trinajstić information content (AvgIpc) is 3.16. The van der Waals surface area contributed by atoms with E-state index in [4.69, 9.17) is 9.15 Å². The molecule has 122 valence electrons. The van der Waals surface area contributed by atoms with E-state index in [-0.39, 0.29) is 11.9 Å². The Balaban J connectivity index is 1.48. The van der Waals surface area contributed by atoms with Crippen molar-refractivity contribution >= 4 is 17.7 Å². The van der Waals surface area contributed by atoms with E-state index in [0.29, 0.717) is 11.9 Å². The fraction of sp³-hybridized carbons (Fsp3) is 0.706. The molecule has 1 aromatic heterocycles. The van der Waals surface area contributed by atoms with Crippen LogP contribution >= 0.6 is 11.8 Å². The molecule has 2 aliphatic heterocycles. The molecule has 1 aromatic rings. The minimum absolute atomic E-state index is 0.132. The molecule has 0 saturated carbocycles. The van der Waals surface area contributed by atoms with Gasteiger partial charge in [0.05, 0.1) is 17.9 Å². The van der Waals surface area contributed by atoms with Gasteiger partial charge in [-0.05, 0) is 51.2 Å². The van der Waals surface area contributed by atoms with Crippen molar-refractivity contribution in [1.82, 2.24) is 4.90 Å². The molecule has 3 heterocycles. The number of hydrogen-bond donors (Lipinski definition) is 0. The van der Waals surface area contributed by atoms with Gasteiger partial charge < -0.3 is 14.1 Å². The molecule has 0 aliphatic carbocycles. The lowest BCUT2D eigenvalue weighted by Gasteiger charge is -2.24. The number of furan rings is 1. The number of carbonyl (C=O) groups excluding carboxylic acids is 1. The monoisotopic (exact) mass is 323 g/mol. The minimum atomic E-state index is 0.132. The molecule has 2 fully saturated rings. The van der Waals surface area contributed by atoms with E-state index in [1.54, 1.807) is 11.8 Å². The first kappa shape index (κ1) is 15.9. The van der Waals surface area contributed by atoms with E-state index in [1.165, 1.54) is 12.8 Å². The van der Waals surface area contributed by atoms with Crippen molar-refractivity contribution in [2.45, 2.75) is 51.2 Å². The fourth-order valence-electron chi connectivity index (χ4n) is 3.29. The normalized spacial score (nSPS) is 25.6. The smallest absolute Gasteiger partial charge is 0.233 e. The maximum Gasteiger partial charge on any atom is 0.233 e. The molecule has 0 N–H and O–H groups in total. The Morgan fingerprint density at radius 1 is 1.32 bits per heavy atom. The third kappa shape index (κ3) is 3.87. The lowest BCUT2D eigenvalue weighted by molar-refractivity contribution is -0.129. The molecule has 2 aliphatic rings. The van der Waals surface area contributed by atoms with Gasteiger partial charge >= 0.3 is 0 Å². The summed E-state index contributed by atoms with van der Waals surface area (Å²) in [5, 5.41) is 0. The number of carbonyl (C=O) groups is 1. The van der Waals surface area contributed by atoms with Crippen molar-refractivity contribution in [3.05, 3.63) is 23.7 Å². The van der Waals surface area contributed by atoms with Crippen molar-refractivity contribution in [2.24, 2.45) is 0 Å². The maximum absolute atomic E-state index is 12.5. The maximum atomic E-state index is 12.5. The molecule has 3 rings (SSSR count). The fourth-order valence-corrected chi connectivity index (χ4v) is 4.28. The number of rotatable bonds is 5. The van der Waals surface area contributed by atoms with Gasteiger partial charge in [0.25, 0.3) is 0 Å². The molecule has 2 atom stereocenters. The van der Waals surface area contributed by atoms with E-state index >= 15 is 0 Å². The van der Waals surface area contributed by atoms with Gasteiger partial charge in [0.2, 0.25) is 5.91 Å². The van der Waals surface area contributed by atoms with Crippen LogP contribution in [0.1, 0.15) is 49.7 Å². The van der Waals surface area contributed by atoms with Crippen LogP contribution in [0.4, 0.5) is 0 Å². The second-order valence-corrected chi connectivity index (χ2v) is 7.23. The van der Waals surface area contributed by atoms with Crippen molar-refractivity contribution in [2.75, 3.05) is 24.7 Å². The van der Waals surface area contributed by atoms with Gasteiger partial charge in [-0.3, -0.25) is 4.79 Å². The van der Waals surface area contributed by atoms with Crippen LogP contribution in [-0.4, -0.2) is 41.6 Å². The van der Waals surface area contributed by atoms with E-state index in [2.05, 4.69) is 0 Å². The molecule has 0 aromatic carbocycles. The van der Waals surface area contributed by atoms with Gasteiger partial charge in [0.1, 0.15) is 11.5 Å². The molecular formula is C17H25NO3S. The number of nitrogens with zero attached hydrogens (tertiary/aromatic N) is 1. The summed E-state index contributed by atoms with van der Waals surface area (Å²) in [5.74, 6) is 3.57. The number of aryl methyl sites for hydroxylation is 1. The van der Waals surface area contributed by atoms with Crippen molar-refractivity contribution in [1.29, 1.82) is 0 Å². The van der Waals surface area contributed by atoms with Gasteiger partial charge in [-0.25, -0.2) is 0 Å². The van der Waals surface area contributed by atoms with Crippen LogP contribution in [0, 0.1) is 6.92 Å². The van der Waals surface area contributed by atoms with E-state index < -0.39 is 0 Å². The Labute approximate surface area is 136 Å². The summed E-state index contributed by atoms with van der Waals surface area (Å²) in [4.78, 5) is 14.5. The second-order valence-electron chi connectivity index (χ2n) is 6.20. The van der Waals surface area contributed by atoms with Gasteiger partial charge in [-0.15, -0.1) is 11.8 Å². The van der Waals surface area contributed by atoms with Crippen LogP contribution in [0.15, 0.2) is 16.5 Å². The van der Waals surface area contributed by atoms with Crippen LogP contribution in [0.3, 0.4) is 0 Å². The first-order valence-electron chi connectivity index (χ1n) is 8.29. The van der Waals surface area contributed by atoms with E-state index in [1.807, 2.05) is 24.0 Å². The topological polar surface area (TPSA) is 42.7 Å². The predicted octanol–water partition coefficient (Wildman–Crippen LogP) is 3.55. The molecule has 2 saturated heterocycles. The van der Waals surface area contributed by atoms with Crippen molar-refractivity contribution in [3.63, 3.8) is 0 Å². The largest absolute Gasteiger partial charge is 0.464 e. The summed E-state index contributed by atoms with van der Waals surface area (Å²) >= 11 is 1.71. The number of thioether (sulfide) groups is 1.